The highest BCUT2D eigenvalue weighted by atomic mass is 32.2. The summed E-state index contributed by atoms with van der Waals surface area (Å²) in [6.45, 7) is 7.83. The molecule has 1 atom stereocenters. The Morgan fingerprint density at radius 1 is 1.15 bits per heavy atom. The Balaban J connectivity index is 2.27. The highest BCUT2D eigenvalue weighted by Crippen LogP contribution is 2.22. The largest absolute Gasteiger partial charge is 0.348 e. The highest BCUT2D eigenvalue weighted by Gasteiger charge is 2.29. The molecule has 0 saturated carbocycles. The van der Waals surface area contributed by atoms with Crippen LogP contribution < -0.4 is 5.32 Å². The van der Waals surface area contributed by atoms with Crippen molar-refractivity contribution in [2.45, 2.75) is 40.2 Å². The van der Waals surface area contributed by atoms with Gasteiger partial charge in [-0.05, 0) is 56.4 Å². The average molecular weight is 295 g/mol. The molecule has 0 spiro atoms. The number of carbonyl (C=O) groups excluding carboxylic acids is 1. The van der Waals surface area contributed by atoms with Gasteiger partial charge in [-0.25, -0.2) is 8.42 Å². The molecule has 0 radical (unpaired) electrons. The molecule has 1 amide bonds. The molecule has 1 aliphatic heterocycles. The number of hydrogen-bond donors (Lipinski definition) is 1. The van der Waals surface area contributed by atoms with Crippen molar-refractivity contribution >= 4 is 15.7 Å². The van der Waals surface area contributed by atoms with Crippen LogP contribution in [0, 0.1) is 27.7 Å². The summed E-state index contributed by atoms with van der Waals surface area (Å²) in [5.74, 6) is 0.0682. The average Bonchev–Trinajstić information content (AvgIpc) is 2.66. The Bertz CT molecular complexity index is 636. The maximum absolute atomic E-state index is 12.5. The number of nitrogens with one attached hydrogen (secondary N) is 1. The number of sulfone groups is 1. The third kappa shape index (κ3) is 2.87. The lowest BCUT2D eigenvalue weighted by Crippen LogP contribution is -2.36. The Morgan fingerprint density at radius 3 is 2.15 bits per heavy atom. The van der Waals surface area contributed by atoms with Crippen molar-refractivity contribution in [1.29, 1.82) is 0 Å². The van der Waals surface area contributed by atoms with Crippen molar-refractivity contribution in [2.24, 2.45) is 0 Å². The molecule has 110 valence electrons. The lowest BCUT2D eigenvalue weighted by atomic mass is 9.93. The quantitative estimate of drug-likeness (QED) is 0.905. The van der Waals surface area contributed by atoms with E-state index in [1.165, 1.54) is 0 Å². The predicted octanol–water partition coefficient (Wildman–Crippen LogP) is 1.84. The van der Waals surface area contributed by atoms with Gasteiger partial charge in [0.05, 0.1) is 11.5 Å². The van der Waals surface area contributed by atoms with Crippen LogP contribution in [0.3, 0.4) is 0 Å². The minimum atomic E-state index is -2.97. The van der Waals surface area contributed by atoms with Gasteiger partial charge in [0.1, 0.15) is 0 Å². The lowest BCUT2D eigenvalue weighted by Gasteiger charge is -2.17. The number of rotatable bonds is 2. The SMILES string of the molecule is Cc1cc(C)c(C)c(C(=O)NC2CCS(=O)(=O)C2)c1C. The van der Waals surface area contributed by atoms with Crippen molar-refractivity contribution in [2.75, 3.05) is 11.5 Å². The summed E-state index contributed by atoms with van der Waals surface area (Å²) in [4.78, 5) is 12.5. The second kappa shape index (κ2) is 5.20. The third-order valence-electron chi connectivity index (χ3n) is 4.16. The molecular weight excluding hydrogens is 274 g/mol. The van der Waals surface area contributed by atoms with Gasteiger partial charge in [-0.2, -0.15) is 0 Å². The van der Waals surface area contributed by atoms with Crippen LogP contribution in [0.5, 0.6) is 0 Å². The standard InChI is InChI=1S/C15H21NO3S/c1-9-7-10(2)12(4)14(11(9)3)15(17)16-13-5-6-20(18,19)8-13/h7,13H,5-6,8H2,1-4H3,(H,16,17). The van der Waals surface area contributed by atoms with E-state index in [2.05, 4.69) is 11.4 Å². The molecule has 1 saturated heterocycles. The van der Waals surface area contributed by atoms with Crippen molar-refractivity contribution in [3.05, 3.63) is 33.9 Å². The molecule has 1 unspecified atom stereocenters. The summed E-state index contributed by atoms with van der Waals surface area (Å²) in [5.41, 5.74) is 4.78. The van der Waals surface area contributed by atoms with Gasteiger partial charge in [0.15, 0.2) is 9.84 Å². The van der Waals surface area contributed by atoms with Crippen molar-refractivity contribution in [3.8, 4) is 0 Å². The maximum atomic E-state index is 12.5. The van der Waals surface area contributed by atoms with Crippen LogP contribution in [0.2, 0.25) is 0 Å². The van der Waals surface area contributed by atoms with Crippen LogP contribution in [0.4, 0.5) is 0 Å². The summed E-state index contributed by atoms with van der Waals surface area (Å²) in [6.07, 6.45) is 0.511. The Hall–Kier alpha value is -1.36. The molecule has 1 aliphatic rings. The summed E-state index contributed by atoms with van der Waals surface area (Å²) in [7, 11) is -2.97. The molecule has 1 fully saturated rings. The minimum absolute atomic E-state index is 0.0572. The zero-order valence-electron chi connectivity index (χ0n) is 12.4. The number of benzene rings is 1. The molecule has 1 heterocycles. The number of hydrogen-bond acceptors (Lipinski definition) is 3. The van der Waals surface area contributed by atoms with Crippen LogP contribution in [-0.4, -0.2) is 31.9 Å². The van der Waals surface area contributed by atoms with Gasteiger partial charge in [0.25, 0.3) is 5.91 Å². The molecule has 0 bridgehead atoms. The molecule has 20 heavy (non-hydrogen) atoms. The number of amides is 1. The Kier molecular flexibility index (Phi) is 3.91. The van der Waals surface area contributed by atoms with Gasteiger partial charge >= 0.3 is 0 Å². The molecule has 1 aromatic carbocycles. The topological polar surface area (TPSA) is 63.2 Å². The number of carbonyl (C=O) groups is 1. The van der Waals surface area contributed by atoms with Gasteiger partial charge < -0.3 is 5.32 Å². The smallest absolute Gasteiger partial charge is 0.252 e. The van der Waals surface area contributed by atoms with E-state index in [1.807, 2.05) is 27.7 Å². The molecule has 1 aromatic rings. The molecule has 2 rings (SSSR count). The van der Waals surface area contributed by atoms with E-state index in [1.54, 1.807) is 0 Å². The van der Waals surface area contributed by atoms with Crippen LogP contribution >= 0.6 is 0 Å². The third-order valence-corrected chi connectivity index (χ3v) is 5.93. The van der Waals surface area contributed by atoms with Crippen LogP contribution in [0.15, 0.2) is 6.07 Å². The monoisotopic (exact) mass is 295 g/mol. The van der Waals surface area contributed by atoms with E-state index in [4.69, 9.17) is 0 Å². The van der Waals surface area contributed by atoms with Crippen LogP contribution in [-0.2, 0) is 9.84 Å². The highest BCUT2D eigenvalue weighted by molar-refractivity contribution is 7.91. The van der Waals surface area contributed by atoms with E-state index in [9.17, 15) is 13.2 Å². The molecule has 4 nitrogen and oxygen atoms in total. The molecule has 0 aromatic heterocycles. The van der Waals surface area contributed by atoms with E-state index in [0.717, 1.165) is 22.3 Å². The van der Waals surface area contributed by atoms with Crippen molar-refractivity contribution < 1.29 is 13.2 Å². The summed E-state index contributed by atoms with van der Waals surface area (Å²) in [5, 5.41) is 2.87. The summed E-state index contributed by atoms with van der Waals surface area (Å²) in [6, 6.07) is 1.81. The second-order valence-electron chi connectivity index (χ2n) is 5.71. The normalized spacial score (nSPS) is 20.9. The predicted molar refractivity (Wildman–Crippen MR) is 79.9 cm³/mol. The van der Waals surface area contributed by atoms with Crippen molar-refractivity contribution in [3.63, 3.8) is 0 Å². The molecule has 1 N–H and O–H groups in total. The van der Waals surface area contributed by atoms with Crippen LogP contribution in [0.1, 0.15) is 39.0 Å². The van der Waals surface area contributed by atoms with Crippen molar-refractivity contribution in [1.82, 2.24) is 5.32 Å². The maximum Gasteiger partial charge on any atom is 0.252 e. The van der Waals surface area contributed by atoms with Gasteiger partial charge in [0, 0.05) is 11.6 Å². The first-order chi connectivity index (χ1) is 9.21. The first kappa shape index (κ1) is 15.0. The van der Waals surface area contributed by atoms with Gasteiger partial charge in [-0.15, -0.1) is 0 Å². The zero-order chi connectivity index (χ0) is 15.1. The van der Waals surface area contributed by atoms with E-state index in [0.29, 0.717) is 12.0 Å². The lowest BCUT2D eigenvalue weighted by molar-refractivity contribution is 0.0939. The second-order valence-corrected chi connectivity index (χ2v) is 7.94. The Morgan fingerprint density at radius 2 is 1.70 bits per heavy atom. The minimum Gasteiger partial charge on any atom is -0.348 e. The van der Waals surface area contributed by atoms with E-state index in [-0.39, 0.29) is 23.5 Å². The fraction of sp³-hybridized carbons (Fsp3) is 0.533. The molecule has 5 heteroatoms. The first-order valence-electron chi connectivity index (χ1n) is 6.80. The molecule has 0 aliphatic carbocycles. The van der Waals surface area contributed by atoms with Gasteiger partial charge in [-0.3, -0.25) is 4.79 Å². The van der Waals surface area contributed by atoms with Gasteiger partial charge in [0.2, 0.25) is 0 Å². The first-order valence-corrected chi connectivity index (χ1v) is 8.62. The zero-order valence-corrected chi connectivity index (χ0v) is 13.2. The summed E-state index contributed by atoms with van der Waals surface area (Å²) < 4.78 is 22.9. The fourth-order valence-electron chi connectivity index (χ4n) is 2.72. The number of aryl methyl sites for hydroxylation is 2. The van der Waals surface area contributed by atoms with Gasteiger partial charge in [-0.1, -0.05) is 6.07 Å². The Labute approximate surface area is 120 Å². The fourth-order valence-corrected chi connectivity index (χ4v) is 4.40. The van der Waals surface area contributed by atoms with E-state index < -0.39 is 9.84 Å². The molecular formula is C15H21NO3S. The summed E-state index contributed by atoms with van der Waals surface area (Å²) >= 11 is 0. The van der Waals surface area contributed by atoms with E-state index >= 15 is 0 Å². The van der Waals surface area contributed by atoms with Crippen LogP contribution in [0.25, 0.3) is 0 Å².